The van der Waals surface area contributed by atoms with E-state index in [0.29, 0.717) is 25.9 Å². The van der Waals surface area contributed by atoms with Crippen LogP contribution >= 0.6 is 0 Å². The number of carboxylic acids is 1. The number of rotatable bonds is 8. The molecule has 184 valence electrons. The van der Waals surface area contributed by atoms with Gasteiger partial charge in [-0.25, -0.2) is 13.6 Å². The minimum atomic E-state index is -3.11. The predicted octanol–water partition coefficient (Wildman–Crippen LogP) is 3.42. The molecule has 33 heavy (non-hydrogen) atoms. The minimum Gasteiger partial charge on any atom is -0.481 e. The number of hydrogen-bond donors (Lipinski definition) is 3. The Labute approximate surface area is 193 Å². The molecule has 1 atom stereocenters. The summed E-state index contributed by atoms with van der Waals surface area (Å²) in [4.78, 5) is 38.0. The largest absolute Gasteiger partial charge is 0.481 e. The van der Waals surface area contributed by atoms with Gasteiger partial charge in [0.2, 0.25) is 11.8 Å². The molecule has 0 radical (unpaired) electrons. The number of nitrogens with zero attached hydrogens (tertiary/aromatic N) is 2. The molecule has 0 aromatic heterocycles. The van der Waals surface area contributed by atoms with Crippen molar-refractivity contribution in [2.24, 2.45) is 11.3 Å². The fourth-order valence-corrected chi connectivity index (χ4v) is 5.03. The zero-order valence-electron chi connectivity index (χ0n) is 19.2. The Kier molecular flexibility index (Phi) is 7.49. The monoisotopic (exact) mass is 468 g/mol. The number of piperidine rings is 1. The van der Waals surface area contributed by atoms with Crippen LogP contribution in [0.2, 0.25) is 0 Å². The highest BCUT2D eigenvalue weighted by Crippen LogP contribution is 2.47. The fraction of sp³-hybridized carbons (Fsp3) is 0.826. The number of aliphatic carboxylic acids is 1. The number of nitriles is 1. The number of hydrogen-bond acceptors (Lipinski definition) is 4. The molecule has 0 unspecified atom stereocenters. The molecule has 2 saturated carbocycles. The number of urea groups is 1. The summed E-state index contributed by atoms with van der Waals surface area (Å²) >= 11 is 0. The van der Waals surface area contributed by atoms with Crippen LogP contribution in [-0.4, -0.2) is 58.5 Å². The zero-order chi connectivity index (χ0) is 24.3. The van der Waals surface area contributed by atoms with E-state index in [9.17, 15) is 28.4 Å². The summed E-state index contributed by atoms with van der Waals surface area (Å²) in [6.07, 6.45) is 5.04. The molecular weight excluding hydrogens is 434 g/mol. The molecule has 1 heterocycles. The van der Waals surface area contributed by atoms with Crippen LogP contribution in [-0.2, 0) is 9.59 Å². The maximum absolute atomic E-state index is 14.1. The molecule has 0 bridgehead atoms. The van der Waals surface area contributed by atoms with Crippen molar-refractivity contribution in [3.05, 3.63) is 0 Å². The first kappa shape index (κ1) is 25.2. The van der Waals surface area contributed by atoms with Crippen LogP contribution in [0.5, 0.6) is 0 Å². The van der Waals surface area contributed by atoms with Gasteiger partial charge in [-0.3, -0.25) is 9.59 Å². The molecule has 0 aromatic rings. The summed E-state index contributed by atoms with van der Waals surface area (Å²) < 4.78 is 28.2. The molecule has 10 heteroatoms. The number of carboxylic acid groups (broad SMARTS) is 1. The highest BCUT2D eigenvalue weighted by Gasteiger charge is 2.47. The highest BCUT2D eigenvalue weighted by molar-refractivity contribution is 5.88. The van der Waals surface area contributed by atoms with Crippen molar-refractivity contribution in [1.82, 2.24) is 15.5 Å². The predicted molar refractivity (Wildman–Crippen MR) is 115 cm³/mol. The second-order valence-electron chi connectivity index (χ2n) is 10.1. The zero-order valence-corrected chi connectivity index (χ0v) is 19.2. The maximum Gasteiger partial charge on any atom is 0.318 e. The van der Waals surface area contributed by atoms with Gasteiger partial charge in [0, 0.05) is 32.4 Å². The van der Waals surface area contributed by atoms with Crippen LogP contribution in [0.3, 0.4) is 0 Å². The van der Waals surface area contributed by atoms with Gasteiger partial charge in [0.25, 0.3) is 0 Å². The van der Waals surface area contributed by atoms with Crippen molar-refractivity contribution in [3.8, 4) is 6.07 Å². The third-order valence-electron chi connectivity index (χ3n) is 7.70. The van der Waals surface area contributed by atoms with Gasteiger partial charge < -0.3 is 20.6 Å². The van der Waals surface area contributed by atoms with Gasteiger partial charge in [-0.1, -0.05) is 6.92 Å². The van der Waals surface area contributed by atoms with Crippen LogP contribution in [0.25, 0.3) is 0 Å². The summed E-state index contributed by atoms with van der Waals surface area (Å²) in [5, 5.41) is 23.2. The van der Waals surface area contributed by atoms with Gasteiger partial charge in [0.05, 0.1) is 6.07 Å². The van der Waals surface area contributed by atoms with E-state index in [-0.39, 0.29) is 17.8 Å². The van der Waals surface area contributed by atoms with Crippen LogP contribution in [0.15, 0.2) is 0 Å². The molecule has 8 nitrogen and oxygen atoms in total. The number of amides is 3. The summed E-state index contributed by atoms with van der Waals surface area (Å²) in [6, 6.07) is 0.0435. The second kappa shape index (κ2) is 9.82. The molecule has 3 aliphatic rings. The van der Waals surface area contributed by atoms with Crippen molar-refractivity contribution in [3.63, 3.8) is 0 Å². The molecule has 3 N–H and O–H groups in total. The number of alkyl halides is 2. The van der Waals surface area contributed by atoms with Gasteiger partial charge in [0.15, 0.2) is 0 Å². The van der Waals surface area contributed by atoms with Gasteiger partial charge in [-0.05, 0) is 62.7 Å². The maximum atomic E-state index is 14.1. The molecule has 3 amide bonds. The summed E-state index contributed by atoms with van der Waals surface area (Å²) in [5.74, 6) is -4.42. The number of nitrogens with one attached hydrogen (secondary N) is 2. The molecular formula is C23H34F2N4O4. The minimum absolute atomic E-state index is 0.100. The van der Waals surface area contributed by atoms with E-state index in [1.165, 1.54) is 6.92 Å². The van der Waals surface area contributed by atoms with Crippen molar-refractivity contribution < 1.29 is 28.3 Å². The quantitative estimate of drug-likeness (QED) is 0.504. The van der Waals surface area contributed by atoms with Gasteiger partial charge >= 0.3 is 12.0 Å². The molecule has 1 aliphatic heterocycles. The lowest BCUT2D eigenvalue weighted by atomic mass is 9.65. The molecule has 3 rings (SSSR count). The lowest BCUT2D eigenvalue weighted by Gasteiger charge is -2.46. The number of likely N-dealkylation sites (tertiary alicyclic amines) is 1. The van der Waals surface area contributed by atoms with E-state index in [0.717, 1.165) is 38.5 Å². The first-order chi connectivity index (χ1) is 15.5. The molecule has 0 aromatic carbocycles. The van der Waals surface area contributed by atoms with E-state index in [4.69, 9.17) is 5.11 Å². The van der Waals surface area contributed by atoms with Crippen molar-refractivity contribution >= 4 is 17.9 Å². The van der Waals surface area contributed by atoms with E-state index >= 15 is 0 Å². The van der Waals surface area contributed by atoms with Crippen molar-refractivity contribution in [2.75, 3.05) is 13.1 Å². The van der Waals surface area contributed by atoms with Crippen LogP contribution < -0.4 is 10.6 Å². The van der Waals surface area contributed by atoms with Crippen molar-refractivity contribution in [1.29, 1.82) is 5.26 Å². The van der Waals surface area contributed by atoms with E-state index in [1.54, 1.807) is 4.90 Å². The Morgan fingerprint density at radius 3 is 2.24 bits per heavy atom. The second-order valence-corrected chi connectivity index (χ2v) is 10.1. The number of carbonyl (C=O) groups excluding carboxylic acids is 2. The number of carbonyl (C=O) groups is 3. The fourth-order valence-electron chi connectivity index (χ4n) is 5.03. The van der Waals surface area contributed by atoms with E-state index in [1.807, 2.05) is 6.07 Å². The first-order valence-electron chi connectivity index (χ1n) is 11.9. The standard InChI is InChI=1S/C23H34F2N4O4/c1-2-23(24,25)14-17(19(32)28-22(15-26)7-8-22)27-20(33)29-11-9-21(10-12-29)5-3-16(4-6-21)13-18(30)31/h16-17H,2-14H2,1H3,(H,27,33)(H,28,32)(H,30,31)/t17-/m0/s1. The SMILES string of the molecule is CCC(F)(F)C[C@H](NC(=O)N1CCC2(CCC(CC(=O)O)CC2)CC1)C(=O)NC1(C#N)CC1. The Hall–Kier alpha value is -2.44. The molecule has 3 fully saturated rings. The Bertz CT molecular complexity index is 791. The van der Waals surface area contributed by atoms with Gasteiger partial charge in [-0.15, -0.1) is 0 Å². The molecule has 1 spiro atoms. The van der Waals surface area contributed by atoms with E-state index < -0.39 is 48.3 Å². The summed E-state index contributed by atoms with van der Waals surface area (Å²) in [6.45, 7) is 2.26. The average molecular weight is 469 g/mol. The first-order valence-corrected chi connectivity index (χ1v) is 11.9. The Balaban J connectivity index is 1.55. The van der Waals surface area contributed by atoms with Gasteiger partial charge in [-0.2, -0.15) is 5.26 Å². The average Bonchev–Trinajstić information content (AvgIpc) is 3.55. The number of halogens is 2. The lowest BCUT2D eigenvalue weighted by molar-refractivity contribution is -0.138. The summed E-state index contributed by atoms with van der Waals surface area (Å²) in [5.41, 5.74) is -0.901. The molecule has 2 aliphatic carbocycles. The third kappa shape index (κ3) is 6.55. The normalized spacial score (nSPS) is 22.8. The van der Waals surface area contributed by atoms with E-state index in [2.05, 4.69) is 10.6 Å². The lowest BCUT2D eigenvalue weighted by Crippen LogP contribution is -2.56. The van der Waals surface area contributed by atoms with Crippen LogP contribution in [0, 0.1) is 22.7 Å². The third-order valence-corrected chi connectivity index (χ3v) is 7.70. The topological polar surface area (TPSA) is 123 Å². The van der Waals surface area contributed by atoms with Gasteiger partial charge in [0.1, 0.15) is 11.6 Å². The highest BCUT2D eigenvalue weighted by atomic mass is 19.3. The Morgan fingerprint density at radius 1 is 1.15 bits per heavy atom. The van der Waals surface area contributed by atoms with Crippen LogP contribution in [0.1, 0.15) is 77.6 Å². The Morgan fingerprint density at radius 2 is 1.76 bits per heavy atom. The molecule has 1 saturated heterocycles. The smallest absolute Gasteiger partial charge is 0.318 e. The van der Waals surface area contributed by atoms with Crippen molar-refractivity contribution in [2.45, 2.75) is 95.1 Å². The van der Waals surface area contributed by atoms with Crippen LogP contribution in [0.4, 0.5) is 13.6 Å². The summed E-state index contributed by atoms with van der Waals surface area (Å²) in [7, 11) is 0.